The van der Waals surface area contributed by atoms with Crippen molar-refractivity contribution in [3.63, 3.8) is 0 Å². The number of nitrogens with one attached hydrogen (secondary N) is 1. The number of carbonyl (C=O) groups is 2. The molecule has 1 N–H and O–H groups in total. The average Bonchev–Trinajstić information content (AvgIpc) is 3.35. The number of benzene rings is 4. The number of rotatable bonds is 4. The highest BCUT2D eigenvalue weighted by atomic mass is 16.2. The number of pyridine rings is 1. The monoisotopic (exact) mass is 473 g/mol. The van der Waals surface area contributed by atoms with E-state index >= 15 is 0 Å². The molecule has 0 aliphatic carbocycles. The smallest absolute Gasteiger partial charge is 0.258 e. The first-order valence-corrected chi connectivity index (χ1v) is 11.9. The van der Waals surface area contributed by atoms with Gasteiger partial charge >= 0.3 is 0 Å². The number of hydrogen-bond acceptors (Lipinski definition) is 3. The van der Waals surface area contributed by atoms with E-state index in [1.165, 1.54) is 5.56 Å². The van der Waals surface area contributed by atoms with Crippen molar-refractivity contribution in [2.45, 2.75) is 13.0 Å². The van der Waals surface area contributed by atoms with Crippen LogP contribution in [-0.2, 0) is 17.8 Å². The van der Waals surface area contributed by atoms with Crippen LogP contribution >= 0.6 is 0 Å². The molecule has 0 fully saturated rings. The van der Waals surface area contributed by atoms with Gasteiger partial charge in [0.25, 0.3) is 5.91 Å². The van der Waals surface area contributed by atoms with E-state index in [4.69, 9.17) is 0 Å². The van der Waals surface area contributed by atoms with Gasteiger partial charge in [0.15, 0.2) is 5.43 Å². The summed E-state index contributed by atoms with van der Waals surface area (Å²) in [4.78, 5) is 40.8. The lowest BCUT2D eigenvalue weighted by atomic mass is 10.1. The van der Waals surface area contributed by atoms with Gasteiger partial charge in [0.05, 0.1) is 11.0 Å². The first-order chi connectivity index (χ1) is 17.6. The normalized spacial score (nSPS) is 12.6. The molecular formula is C30H23N3O3. The Labute approximate surface area is 207 Å². The lowest BCUT2D eigenvalue weighted by Crippen LogP contribution is -2.28. The van der Waals surface area contributed by atoms with Gasteiger partial charge in [0.1, 0.15) is 6.54 Å². The summed E-state index contributed by atoms with van der Waals surface area (Å²) in [7, 11) is 0. The maximum absolute atomic E-state index is 13.1. The van der Waals surface area contributed by atoms with E-state index in [0.29, 0.717) is 39.6 Å². The van der Waals surface area contributed by atoms with E-state index in [2.05, 4.69) is 11.4 Å². The molecule has 1 aliphatic heterocycles. The number of nitrogens with zero attached hydrogens (tertiary/aromatic N) is 2. The maximum Gasteiger partial charge on any atom is 0.258 e. The molecule has 5 aromatic rings. The summed E-state index contributed by atoms with van der Waals surface area (Å²) in [5, 5.41) is 4.08. The summed E-state index contributed by atoms with van der Waals surface area (Å²) in [5.74, 6) is -0.273. The molecule has 4 aromatic carbocycles. The van der Waals surface area contributed by atoms with Crippen LogP contribution in [0.3, 0.4) is 0 Å². The molecule has 6 rings (SSSR count). The van der Waals surface area contributed by atoms with Crippen molar-refractivity contribution in [2.24, 2.45) is 0 Å². The topological polar surface area (TPSA) is 71.4 Å². The number of para-hydroxylation sites is 3. The largest absolute Gasteiger partial charge is 0.331 e. The van der Waals surface area contributed by atoms with Gasteiger partial charge in [0.2, 0.25) is 5.91 Å². The van der Waals surface area contributed by atoms with Gasteiger partial charge in [-0.05, 0) is 66.6 Å². The van der Waals surface area contributed by atoms with Crippen molar-refractivity contribution < 1.29 is 9.59 Å². The second-order valence-corrected chi connectivity index (χ2v) is 8.91. The molecule has 0 spiro atoms. The fourth-order valence-corrected chi connectivity index (χ4v) is 4.99. The van der Waals surface area contributed by atoms with Crippen LogP contribution in [0.5, 0.6) is 0 Å². The van der Waals surface area contributed by atoms with Crippen molar-refractivity contribution in [2.75, 3.05) is 16.8 Å². The van der Waals surface area contributed by atoms with Crippen LogP contribution in [-0.4, -0.2) is 22.9 Å². The van der Waals surface area contributed by atoms with E-state index in [1.807, 2.05) is 59.2 Å². The predicted molar refractivity (Wildman–Crippen MR) is 143 cm³/mol. The van der Waals surface area contributed by atoms with Gasteiger partial charge in [-0.1, -0.05) is 42.5 Å². The van der Waals surface area contributed by atoms with Gasteiger partial charge in [0, 0.05) is 34.3 Å². The Morgan fingerprint density at radius 1 is 0.750 bits per heavy atom. The summed E-state index contributed by atoms with van der Waals surface area (Å²) in [6.07, 6.45) is 0.852. The molecule has 36 heavy (non-hydrogen) atoms. The van der Waals surface area contributed by atoms with Crippen molar-refractivity contribution in [1.82, 2.24) is 4.57 Å². The molecule has 1 aromatic heterocycles. The minimum Gasteiger partial charge on any atom is -0.331 e. The Bertz CT molecular complexity index is 1640. The van der Waals surface area contributed by atoms with E-state index < -0.39 is 0 Å². The number of carbonyl (C=O) groups excluding carboxylic acids is 2. The van der Waals surface area contributed by atoms with Crippen molar-refractivity contribution in [3.8, 4) is 0 Å². The Morgan fingerprint density at radius 3 is 2.06 bits per heavy atom. The number of amides is 2. The van der Waals surface area contributed by atoms with E-state index in [1.54, 1.807) is 41.3 Å². The molecule has 1 aliphatic rings. The zero-order valence-electron chi connectivity index (χ0n) is 19.5. The zero-order valence-corrected chi connectivity index (χ0v) is 19.5. The number of aromatic nitrogens is 1. The predicted octanol–water partition coefficient (Wildman–Crippen LogP) is 5.00. The van der Waals surface area contributed by atoms with Crippen molar-refractivity contribution in [1.29, 1.82) is 0 Å². The summed E-state index contributed by atoms with van der Waals surface area (Å²) in [5.41, 5.74) is 4.69. The number of fused-ring (bicyclic) bond motifs is 3. The second kappa shape index (κ2) is 8.82. The van der Waals surface area contributed by atoms with Gasteiger partial charge < -0.3 is 14.8 Å². The molecule has 2 heterocycles. The van der Waals surface area contributed by atoms with Crippen LogP contribution in [0.25, 0.3) is 21.8 Å². The van der Waals surface area contributed by atoms with Crippen LogP contribution in [0.15, 0.2) is 102 Å². The Morgan fingerprint density at radius 2 is 1.36 bits per heavy atom. The third-order valence-corrected chi connectivity index (χ3v) is 6.73. The molecule has 0 radical (unpaired) electrons. The summed E-state index contributed by atoms with van der Waals surface area (Å²) in [6.45, 7) is 0.713. The van der Waals surface area contributed by atoms with Crippen molar-refractivity contribution >= 4 is 45.0 Å². The molecule has 0 unspecified atom stereocenters. The standard InChI is InChI=1S/C30H23N3O3/c34-28(19-33-26-11-5-2-8-23(26)29(35)24-9-3-6-12-27(24)33)31-22-15-13-21(14-16-22)30(36)32-18-17-20-7-1-4-10-25(20)32/h1-16H,17-19H2,(H,31,34). The first-order valence-electron chi connectivity index (χ1n) is 11.9. The quantitative estimate of drug-likeness (QED) is 0.374. The highest BCUT2D eigenvalue weighted by Crippen LogP contribution is 2.29. The summed E-state index contributed by atoms with van der Waals surface area (Å²) >= 11 is 0. The third kappa shape index (κ3) is 3.73. The molecule has 2 amide bonds. The van der Waals surface area contributed by atoms with Gasteiger partial charge in [-0.25, -0.2) is 0 Å². The molecule has 6 heteroatoms. The van der Waals surface area contributed by atoms with Crippen molar-refractivity contribution in [3.05, 3.63) is 118 Å². The van der Waals surface area contributed by atoms with Gasteiger partial charge in [-0.2, -0.15) is 0 Å². The Balaban J connectivity index is 1.23. The lowest BCUT2D eigenvalue weighted by Gasteiger charge is -2.18. The van der Waals surface area contributed by atoms with Crippen LogP contribution in [0.2, 0.25) is 0 Å². The fourth-order valence-electron chi connectivity index (χ4n) is 4.99. The number of anilines is 2. The molecule has 6 nitrogen and oxygen atoms in total. The first kappa shape index (κ1) is 21.8. The Hall–Kier alpha value is -4.71. The zero-order chi connectivity index (χ0) is 24.6. The molecule has 176 valence electrons. The Kier molecular flexibility index (Phi) is 5.34. The van der Waals surface area contributed by atoms with Crippen LogP contribution in [0.4, 0.5) is 11.4 Å². The van der Waals surface area contributed by atoms with E-state index in [9.17, 15) is 14.4 Å². The highest BCUT2D eigenvalue weighted by molar-refractivity contribution is 6.07. The minimum absolute atomic E-state index is 0.0428. The molecule has 0 bridgehead atoms. The molecule has 0 atom stereocenters. The maximum atomic E-state index is 13.1. The average molecular weight is 474 g/mol. The lowest BCUT2D eigenvalue weighted by molar-refractivity contribution is -0.116. The third-order valence-electron chi connectivity index (χ3n) is 6.73. The molecule has 0 saturated heterocycles. The molecular weight excluding hydrogens is 450 g/mol. The number of hydrogen-bond donors (Lipinski definition) is 1. The van der Waals surface area contributed by atoms with E-state index in [-0.39, 0.29) is 23.8 Å². The molecule has 0 saturated carbocycles. The van der Waals surface area contributed by atoms with Crippen LogP contribution in [0.1, 0.15) is 15.9 Å². The SMILES string of the molecule is O=C(Cn1c2ccccc2c(=O)c2ccccc21)Nc1ccc(C(=O)N2CCc3ccccc32)cc1. The van der Waals surface area contributed by atoms with Gasteiger partial charge in [-0.3, -0.25) is 14.4 Å². The highest BCUT2D eigenvalue weighted by Gasteiger charge is 2.25. The summed E-state index contributed by atoms with van der Waals surface area (Å²) in [6, 6.07) is 29.6. The fraction of sp³-hybridized carbons (Fsp3) is 0.100. The summed E-state index contributed by atoms with van der Waals surface area (Å²) < 4.78 is 1.87. The minimum atomic E-state index is -0.221. The second-order valence-electron chi connectivity index (χ2n) is 8.91. The van der Waals surface area contributed by atoms with Gasteiger partial charge in [-0.15, -0.1) is 0 Å². The van der Waals surface area contributed by atoms with Crippen LogP contribution < -0.4 is 15.6 Å². The van der Waals surface area contributed by atoms with E-state index in [0.717, 1.165) is 12.1 Å². The van der Waals surface area contributed by atoms with Crippen LogP contribution in [0, 0.1) is 0 Å².